The Hall–Kier alpha value is -2.57. The van der Waals surface area contributed by atoms with Crippen molar-refractivity contribution >= 4 is 40.7 Å². The van der Waals surface area contributed by atoms with Gasteiger partial charge in [-0.3, -0.25) is 4.98 Å². The largest absolute Gasteiger partial charge is 0.505 e. The van der Waals surface area contributed by atoms with Crippen LogP contribution in [0.5, 0.6) is 5.75 Å². The molecule has 2 aromatic heterocycles. The van der Waals surface area contributed by atoms with E-state index < -0.39 is 0 Å². The number of phenolic OH excluding ortho intramolecular Hbond substituents is 1. The summed E-state index contributed by atoms with van der Waals surface area (Å²) >= 11 is 12.0. The van der Waals surface area contributed by atoms with Crippen molar-refractivity contribution < 1.29 is 5.11 Å². The first-order chi connectivity index (χ1) is 13.0. The molecule has 0 amide bonds. The highest BCUT2D eigenvalue weighted by Gasteiger charge is 2.12. The van der Waals surface area contributed by atoms with E-state index in [9.17, 15) is 5.11 Å². The van der Waals surface area contributed by atoms with E-state index in [0.29, 0.717) is 23.1 Å². The lowest BCUT2D eigenvalue weighted by Gasteiger charge is -2.15. The standard InChI is InChI=1S/C19H19Cl2N5O/c1-3-11(2)23-19-25-16(15-6-4-5-7-22-15)10-17(26-19)24-12-8-13(20)18(27)14(21)9-12/h4-11,27H,3H2,1-2H3,(H2,23,24,25,26)/t11-/m1/s1. The van der Waals surface area contributed by atoms with E-state index in [-0.39, 0.29) is 21.8 Å². The second-order valence-corrected chi connectivity index (χ2v) is 6.86. The summed E-state index contributed by atoms with van der Waals surface area (Å²) in [4.78, 5) is 13.4. The van der Waals surface area contributed by atoms with Crippen LogP contribution in [0.4, 0.5) is 17.5 Å². The van der Waals surface area contributed by atoms with Gasteiger partial charge in [-0.1, -0.05) is 36.2 Å². The fraction of sp³-hybridized carbons (Fsp3) is 0.211. The highest BCUT2D eigenvalue weighted by molar-refractivity contribution is 6.37. The Balaban J connectivity index is 1.99. The molecule has 0 saturated carbocycles. The molecule has 0 saturated heterocycles. The predicted molar refractivity (Wildman–Crippen MR) is 110 cm³/mol. The number of nitrogens with zero attached hydrogens (tertiary/aromatic N) is 3. The van der Waals surface area contributed by atoms with Gasteiger partial charge in [0.2, 0.25) is 5.95 Å². The molecule has 0 aliphatic carbocycles. The van der Waals surface area contributed by atoms with E-state index in [2.05, 4.69) is 39.4 Å². The molecule has 0 bridgehead atoms. The lowest BCUT2D eigenvalue weighted by atomic mass is 10.2. The molecule has 1 atom stereocenters. The molecular weight excluding hydrogens is 385 g/mol. The molecule has 140 valence electrons. The number of halogens is 2. The summed E-state index contributed by atoms with van der Waals surface area (Å²) in [5.41, 5.74) is 2.01. The summed E-state index contributed by atoms with van der Waals surface area (Å²) < 4.78 is 0. The molecule has 8 heteroatoms. The number of anilines is 3. The summed E-state index contributed by atoms with van der Waals surface area (Å²) in [7, 11) is 0. The van der Waals surface area contributed by atoms with Gasteiger partial charge in [-0.05, 0) is 37.6 Å². The van der Waals surface area contributed by atoms with Crippen LogP contribution in [0.1, 0.15) is 20.3 Å². The van der Waals surface area contributed by atoms with Crippen LogP contribution in [0.25, 0.3) is 11.4 Å². The monoisotopic (exact) mass is 403 g/mol. The van der Waals surface area contributed by atoms with Crippen LogP contribution in [0.15, 0.2) is 42.6 Å². The summed E-state index contributed by atoms with van der Waals surface area (Å²) in [5, 5.41) is 16.5. The Bertz CT molecular complexity index is 914. The molecule has 3 rings (SSSR count). The Morgan fingerprint density at radius 2 is 1.81 bits per heavy atom. The zero-order valence-electron chi connectivity index (χ0n) is 14.9. The van der Waals surface area contributed by atoms with E-state index in [1.54, 1.807) is 24.4 Å². The Kier molecular flexibility index (Phi) is 5.98. The molecule has 27 heavy (non-hydrogen) atoms. The first kappa shape index (κ1) is 19.2. The lowest BCUT2D eigenvalue weighted by molar-refractivity contribution is 0.476. The van der Waals surface area contributed by atoms with Gasteiger partial charge in [0, 0.05) is 24.0 Å². The Morgan fingerprint density at radius 1 is 1.07 bits per heavy atom. The van der Waals surface area contributed by atoms with Crippen LogP contribution in [0, 0.1) is 0 Å². The third-order valence-corrected chi connectivity index (χ3v) is 4.51. The van der Waals surface area contributed by atoms with Crippen molar-refractivity contribution in [3.63, 3.8) is 0 Å². The average molecular weight is 404 g/mol. The minimum Gasteiger partial charge on any atom is -0.505 e. The van der Waals surface area contributed by atoms with Crippen molar-refractivity contribution in [3.8, 4) is 17.1 Å². The fourth-order valence-electron chi connectivity index (χ4n) is 2.33. The molecule has 0 fully saturated rings. The highest BCUT2D eigenvalue weighted by Crippen LogP contribution is 2.35. The van der Waals surface area contributed by atoms with Crippen LogP contribution in [-0.2, 0) is 0 Å². The van der Waals surface area contributed by atoms with Crippen molar-refractivity contribution in [3.05, 3.63) is 52.6 Å². The van der Waals surface area contributed by atoms with E-state index >= 15 is 0 Å². The minimum absolute atomic E-state index is 0.153. The fourth-order valence-corrected chi connectivity index (χ4v) is 2.82. The number of phenols is 1. The maximum atomic E-state index is 9.72. The zero-order chi connectivity index (χ0) is 19.4. The highest BCUT2D eigenvalue weighted by atomic mass is 35.5. The minimum atomic E-state index is -0.153. The molecule has 0 radical (unpaired) electrons. The van der Waals surface area contributed by atoms with Crippen molar-refractivity contribution in [1.29, 1.82) is 0 Å². The molecule has 0 spiro atoms. The van der Waals surface area contributed by atoms with E-state index in [0.717, 1.165) is 12.1 Å². The van der Waals surface area contributed by atoms with Crippen LogP contribution in [-0.4, -0.2) is 26.1 Å². The molecule has 3 N–H and O–H groups in total. The second-order valence-electron chi connectivity index (χ2n) is 6.04. The lowest BCUT2D eigenvalue weighted by Crippen LogP contribution is -2.16. The number of pyridine rings is 1. The first-order valence-corrected chi connectivity index (χ1v) is 9.24. The molecule has 0 unspecified atom stereocenters. The Labute approximate surface area is 167 Å². The normalized spacial score (nSPS) is 11.9. The molecule has 6 nitrogen and oxygen atoms in total. The van der Waals surface area contributed by atoms with E-state index in [4.69, 9.17) is 23.2 Å². The van der Waals surface area contributed by atoms with Crippen molar-refractivity contribution in [2.75, 3.05) is 10.6 Å². The van der Waals surface area contributed by atoms with Crippen molar-refractivity contribution in [2.24, 2.45) is 0 Å². The second kappa shape index (κ2) is 8.41. The summed E-state index contributed by atoms with van der Waals surface area (Å²) in [5.74, 6) is 0.889. The summed E-state index contributed by atoms with van der Waals surface area (Å²) in [6.45, 7) is 4.14. The molecule has 1 aromatic carbocycles. The number of aromatic hydroxyl groups is 1. The van der Waals surface area contributed by atoms with E-state index in [1.165, 1.54) is 0 Å². The van der Waals surface area contributed by atoms with Crippen molar-refractivity contribution in [2.45, 2.75) is 26.3 Å². The van der Waals surface area contributed by atoms with Crippen LogP contribution in [0.2, 0.25) is 10.0 Å². The van der Waals surface area contributed by atoms with Gasteiger partial charge in [0.05, 0.1) is 21.4 Å². The quantitative estimate of drug-likeness (QED) is 0.470. The van der Waals surface area contributed by atoms with Crippen LogP contribution >= 0.6 is 23.2 Å². The van der Waals surface area contributed by atoms with Gasteiger partial charge in [0.25, 0.3) is 0 Å². The summed E-state index contributed by atoms with van der Waals surface area (Å²) in [6.07, 6.45) is 2.65. The smallest absolute Gasteiger partial charge is 0.225 e. The predicted octanol–water partition coefficient (Wildman–Crippen LogP) is 5.51. The van der Waals surface area contributed by atoms with Crippen LogP contribution in [0.3, 0.4) is 0 Å². The van der Waals surface area contributed by atoms with E-state index in [1.807, 2.05) is 18.2 Å². The van der Waals surface area contributed by atoms with Gasteiger partial charge >= 0.3 is 0 Å². The third kappa shape index (κ3) is 4.78. The van der Waals surface area contributed by atoms with Crippen molar-refractivity contribution in [1.82, 2.24) is 15.0 Å². The number of benzene rings is 1. The van der Waals surface area contributed by atoms with Gasteiger partial charge in [-0.2, -0.15) is 4.98 Å². The number of nitrogens with one attached hydrogen (secondary N) is 2. The Morgan fingerprint density at radius 3 is 2.44 bits per heavy atom. The van der Waals surface area contributed by atoms with Gasteiger partial charge in [-0.25, -0.2) is 4.98 Å². The topological polar surface area (TPSA) is 83.0 Å². The van der Waals surface area contributed by atoms with Gasteiger partial charge < -0.3 is 15.7 Å². The number of aromatic nitrogens is 3. The number of rotatable bonds is 6. The van der Waals surface area contributed by atoms with Gasteiger partial charge in [0.15, 0.2) is 5.75 Å². The number of hydrogen-bond donors (Lipinski definition) is 3. The van der Waals surface area contributed by atoms with Crippen LogP contribution < -0.4 is 10.6 Å². The van der Waals surface area contributed by atoms with Gasteiger partial charge in [0.1, 0.15) is 5.82 Å². The molecule has 0 aliphatic rings. The average Bonchev–Trinajstić information content (AvgIpc) is 2.66. The molecular formula is C19H19Cl2N5O. The maximum absolute atomic E-state index is 9.72. The SMILES string of the molecule is CC[C@@H](C)Nc1nc(Nc2cc(Cl)c(O)c(Cl)c2)cc(-c2ccccn2)n1. The maximum Gasteiger partial charge on any atom is 0.225 e. The summed E-state index contributed by atoms with van der Waals surface area (Å²) in [6, 6.07) is 10.8. The van der Waals surface area contributed by atoms with Gasteiger partial charge in [-0.15, -0.1) is 0 Å². The zero-order valence-corrected chi connectivity index (χ0v) is 16.4. The molecule has 0 aliphatic heterocycles. The first-order valence-electron chi connectivity index (χ1n) is 8.48. The molecule has 3 aromatic rings. The number of hydrogen-bond acceptors (Lipinski definition) is 6. The third-order valence-electron chi connectivity index (χ3n) is 3.93. The molecule has 2 heterocycles.